The fourth-order valence-electron chi connectivity index (χ4n) is 4.40. The van der Waals surface area contributed by atoms with E-state index in [4.69, 9.17) is 8.84 Å². The van der Waals surface area contributed by atoms with Crippen LogP contribution in [0.4, 0.5) is 6.01 Å². The van der Waals surface area contributed by atoms with Crippen molar-refractivity contribution in [3.8, 4) is 0 Å². The Labute approximate surface area is 201 Å². The van der Waals surface area contributed by atoms with Gasteiger partial charge in [-0.3, -0.25) is 4.79 Å². The average Bonchev–Trinajstić information content (AvgIpc) is 3.27. The summed E-state index contributed by atoms with van der Waals surface area (Å²) in [6.07, 6.45) is 0.681. The van der Waals surface area contributed by atoms with Crippen LogP contribution in [0.3, 0.4) is 0 Å². The van der Waals surface area contributed by atoms with E-state index in [1.54, 1.807) is 4.90 Å². The van der Waals surface area contributed by atoms with Crippen LogP contribution in [0.2, 0.25) is 0 Å². The molecule has 7 nitrogen and oxygen atoms in total. The molecule has 2 atom stereocenters. The van der Waals surface area contributed by atoms with Crippen LogP contribution in [0.15, 0.2) is 71.3 Å². The van der Waals surface area contributed by atoms with Gasteiger partial charge in [0.15, 0.2) is 5.69 Å². The first-order valence-corrected chi connectivity index (χ1v) is 13.1. The number of amides is 1. The number of nitrogens with zero attached hydrogens (tertiary/aromatic N) is 3. The van der Waals surface area contributed by atoms with Crippen LogP contribution in [0.1, 0.15) is 31.3 Å². The van der Waals surface area contributed by atoms with Gasteiger partial charge in [0.2, 0.25) is 0 Å². The highest BCUT2D eigenvalue weighted by molar-refractivity contribution is 6.80. The van der Waals surface area contributed by atoms with Crippen molar-refractivity contribution in [2.45, 2.75) is 33.1 Å². The first-order chi connectivity index (χ1) is 16.3. The monoisotopic (exact) mass is 476 g/mol. The molecular weight excluding hydrogens is 446 g/mol. The van der Waals surface area contributed by atoms with Crippen molar-refractivity contribution < 1.29 is 18.7 Å². The molecule has 3 aromatic rings. The molecule has 177 valence electrons. The standard InChI is InChI=1S/C26H30N3O4Si/c1-26(2,3)21-16-29(23(31)22-17-32-25(27-22)28-14-18(30)15-28)24(21)33-34(19-10-6-4-7-11-19)20-12-8-5-9-13-20/h4-13,17-18,21,24,30H,14-16H2,1-3H3. The molecule has 1 N–H and O–H groups in total. The lowest BCUT2D eigenvalue weighted by Crippen LogP contribution is -2.66. The molecule has 2 saturated heterocycles. The Morgan fingerprint density at radius 3 is 2.15 bits per heavy atom. The number of carbonyl (C=O) groups is 1. The molecule has 0 saturated carbocycles. The predicted octanol–water partition coefficient (Wildman–Crippen LogP) is 2.12. The second-order valence-corrected chi connectivity index (χ2v) is 12.1. The maximum absolute atomic E-state index is 13.4. The molecule has 2 aliphatic heterocycles. The number of carbonyl (C=O) groups excluding carboxylic acids is 1. The molecule has 2 fully saturated rings. The largest absolute Gasteiger partial charge is 0.431 e. The van der Waals surface area contributed by atoms with Crippen molar-refractivity contribution in [1.29, 1.82) is 0 Å². The minimum Gasteiger partial charge on any atom is -0.431 e. The van der Waals surface area contributed by atoms with Gasteiger partial charge in [-0.25, -0.2) is 0 Å². The molecule has 1 radical (unpaired) electrons. The van der Waals surface area contributed by atoms with Gasteiger partial charge in [-0.2, -0.15) is 4.98 Å². The molecule has 34 heavy (non-hydrogen) atoms. The van der Waals surface area contributed by atoms with Gasteiger partial charge in [-0.15, -0.1) is 0 Å². The van der Waals surface area contributed by atoms with Crippen molar-refractivity contribution in [2.24, 2.45) is 11.3 Å². The van der Waals surface area contributed by atoms with Crippen LogP contribution >= 0.6 is 0 Å². The third-order valence-electron chi connectivity index (χ3n) is 6.57. The maximum Gasteiger partial charge on any atom is 0.298 e. The van der Waals surface area contributed by atoms with Crippen molar-refractivity contribution in [1.82, 2.24) is 9.88 Å². The zero-order chi connectivity index (χ0) is 23.9. The number of aliphatic hydroxyl groups excluding tert-OH is 1. The second kappa shape index (κ2) is 9.01. The van der Waals surface area contributed by atoms with Gasteiger partial charge in [-0.1, -0.05) is 81.4 Å². The highest BCUT2D eigenvalue weighted by atomic mass is 28.3. The Hall–Kier alpha value is -2.94. The number of β-amino-alcohol motifs (C(OH)–C–C–N with tert-alkyl or cyclic N) is 1. The summed E-state index contributed by atoms with van der Waals surface area (Å²) >= 11 is 0. The second-order valence-electron chi connectivity index (χ2n) is 10.1. The third kappa shape index (κ3) is 4.41. The molecule has 0 bridgehead atoms. The van der Waals surface area contributed by atoms with Gasteiger partial charge in [0.05, 0.1) is 19.2 Å². The van der Waals surface area contributed by atoms with Crippen molar-refractivity contribution >= 4 is 31.3 Å². The van der Waals surface area contributed by atoms with E-state index in [1.807, 2.05) is 41.3 Å². The number of likely N-dealkylation sites (tertiary alicyclic amines) is 1. The quantitative estimate of drug-likeness (QED) is 0.549. The normalized spacial score (nSPS) is 20.9. The summed E-state index contributed by atoms with van der Waals surface area (Å²) < 4.78 is 12.4. The van der Waals surface area contributed by atoms with Crippen LogP contribution in [0.5, 0.6) is 0 Å². The minimum absolute atomic E-state index is 0.0233. The summed E-state index contributed by atoms with van der Waals surface area (Å²) in [7, 11) is -1.58. The van der Waals surface area contributed by atoms with E-state index < -0.39 is 9.04 Å². The lowest BCUT2D eigenvalue weighted by Gasteiger charge is -2.53. The summed E-state index contributed by atoms with van der Waals surface area (Å²) in [6, 6.07) is 20.9. The molecule has 3 heterocycles. The van der Waals surface area contributed by atoms with Crippen LogP contribution in [-0.4, -0.2) is 61.9 Å². The van der Waals surface area contributed by atoms with Gasteiger partial charge in [0.25, 0.3) is 21.0 Å². The van der Waals surface area contributed by atoms with Crippen LogP contribution in [0, 0.1) is 11.3 Å². The summed E-state index contributed by atoms with van der Waals surface area (Å²) in [6.45, 7) is 8.12. The molecule has 2 aromatic carbocycles. The average molecular weight is 477 g/mol. The van der Waals surface area contributed by atoms with Gasteiger partial charge < -0.3 is 23.7 Å². The van der Waals surface area contributed by atoms with E-state index in [2.05, 4.69) is 50.0 Å². The zero-order valence-corrected chi connectivity index (χ0v) is 20.7. The summed E-state index contributed by atoms with van der Waals surface area (Å²) in [4.78, 5) is 21.4. The van der Waals surface area contributed by atoms with Gasteiger partial charge >= 0.3 is 0 Å². The van der Waals surface area contributed by atoms with Gasteiger partial charge in [-0.05, 0) is 15.8 Å². The highest BCUT2D eigenvalue weighted by Gasteiger charge is 2.50. The summed E-state index contributed by atoms with van der Waals surface area (Å²) in [5.74, 6) is 0.00446. The van der Waals surface area contributed by atoms with Crippen LogP contribution in [-0.2, 0) is 4.43 Å². The van der Waals surface area contributed by atoms with E-state index >= 15 is 0 Å². The van der Waals surface area contributed by atoms with Crippen LogP contribution < -0.4 is 15.3 Å². The number of rotatable bonds is 6. The lowest BCUT2D eigenvalue weighted by atomic mass is 9.74. The van der Waals surface area contributed by atoms with E-state index in [-0.39, 0.29) is 35.3 Å². The van der Waals surface area contributed by atoms with Gasteiger partial charge in [0.1, 0.15) is 12.5 Å². The maximum atomic E-state index is 13.4. The molecule has 5 rings (SSSR count). The molecule has 8 heteroatoms. The minimum atomic E-state index is -1.58. The van der Waals surface area contributed by atoms with E-state index in [1.165, 1.54) is 6.26 Å². The fraction of sp³-hybridized carbons (Fsp3) is 0.385. The zero-order valence-electron chi connectivity index (χ0n) is 19.7. The smallest absolute Gasteiger partial charge is 0.298 e. The summed E-state index contributed by atoms with van der Waals surface area (Å²) in [5.41, 5.74) is 0.246. The Morgan fingerprint density at radius 1 is 1.03 bits per heavy atom. The number of oxazole rings is 1. The number of aromatic nitrogens is 1. The van der Waals surface area contributed by atoms with Gasteiger partial charge in [0, 0.05) is 12.5 Å². The van der Waals surface area contributed by atoms with Crippen molar-refractivity contribution in [3.05, 3.63) is 72.6 Å². The third-order valence-corrected chi connectivity index (χ3v) is 8.77. The molecule has 0 spiro atoms. The molecule has 2 aliphatic rings. The number of hydrogen-bond donors (Lipinski definition) is 1. The predicted molar refractivity (Wildman–Crippen MR) is 131 cm³/mol. The highest BCUT2D eigenvalue weighted by Crippen LogP contribution is 2.40. The van der Waals surface area contributed by atoms with E-state index in [0.29, 0.717) is 25.6 Å². The van der Waals surface area contributed by atoms with E-state index in [0.717, 1.165) is 10.4 Å². The Balaban J connectivity index is 1.41. The lowest BCUT2D eigenvalue weighted by molar-refractivity contribution is -0.125. The molecule has 0 aliphatic carbocycles. The topological polar surface area (TPSA) is 79.0 Å². The number of aliphatic hydroxyl groups is 1. The molecule has 1 aromatic heterocycles. The fourth-order valence-corrected chi connectivity index (χ4v) is 6.53. The number of benzene rings is 2. The Kier molecular flexibility index (Phi) is 6.05. The first-order valence-electron chi connectivity index (χ1n) is 11.7. The molecular formula is C26H30N3O4Si. The van der Waals surface area contributed by atoms with E-state index in [9.17, 15) is 9.90 Å². The Bertz CT molecular complexity index is 1090. The van der Waals surface area contributed by atoms with Crippen molar-refractivity contribution in [3.63, 3.8) is 0 Å². The number of anilines is 1. The SMILES string of the molecule is CC(C)(C)C1CN(C(=O)c2coc(N3CC(O)C3)n2)C1O[Si](c1ccccc1)c1ccccc1. The number of hydrogen-bond acceptors (Lipinski definition) is 6. The summed E-state index contributed by atoms with van der Waals surface area (Å²) in [5, 5.41) is 11.8. The molecule has 2 unspecified atom stereocenters. The molecule has 1 amide bonds. The van der Waals surface area contributed by atoms with Crippen LogP contribution in [0.25, 0.3) is 0 Å². The van der Waals surface area contributed by atoms with Crippen molar-refractivity contribution in [2.75, 3.05) is 24.5 Å². The Morgan fingerprint density at radius 2 is 1.62 bits per heavy atom. The first kappa shape index (κ1) is 22.8.